The highest BCUT2D eigenvalue weighted by molar-refractivity contribution is 7.92. The summed E-state index contributed by atoms with van der Waals surface area (Å²) in [4.78, 5) is 29.4. The number of ether oxygens (including phenoxy) is 2. The molecule has 0 unspecified atom stereocenters. The van der Waals surface area contributed by atoms with Crippen LogP contribution in [0.1, 0.15) is 37.0 Å². The van der Waals surface area contributed by atoms with Crippen molar-refractivity contribution < 1.29 is 27.5 Å². The van der Waals surface area contributed by atoms with E-state index in [0.29, 0.717) is 36.9 Å². The van der Waals surface area contributed by atoms with Gasteiger partial charge >= 0.3 is 0 Å². The second kappa shape index (κ2) is 14.2. The molecule has 1 atom stereocenters. The minimum atomic E-state index is -3.88. The van der Waals surface area contributed by atoms with Gasteiger partial charge in [-0.05, 0) is 49.1 Å². The Bertz CT molecular complexity index is 1480. The van der Waals surface area contributed by atoms with Gasteiger partial charge in [0, 0.05) is 25.6 Å². The Kier molecular flexibility index (Phi) is 10.5. The molecule has 3 aromatic rings. The first-order chi connectivity index (χ1) is 20.2. The van der Waals surface area contributed by atoms with Crippen LogP contribution in [0.3, 0.4) is 0 Å². The maximum absolute atomic E-state index is 14.3. The Balaban J connectivity index is 1.75. The molecule has 0 radical (unpaired) electrons. The summed E-state index contributed by atoms with van der Waals surface area (Å²) >= 11 is 0. The van der Waals surface area contributed by atoms with Gasteiger partial charge in [-0.15, -0.1) is 0 Å². The predicted octanol–water partition coefficient (Wildman–Crippen LogP) is 4.09. The van der Waals surface area contributed by atoms with E-state index < -0.39 is 28.5 Å². The lowest BCUT2D eigenvalue weighted by Crippen LogP contribution is -2.53. The third-order valence-corrected chi connectivity index (χ3v) is 8.96. The Labute approximate surface area is 248 Å². The number of nitrogens with zero attached hydrogens (tertiary/aromatic N) is 2. The number of amides is 2. The van der Waals surface area contributed by atoms with Crippen molar-refractivity contribution in [2.24, 2.45) is 0 Å². The van der Waals surface area contributed by atoms with Crippen molar-refractivity contribution in [2.75, 3.05) is 36.4 Å². The van der Waals surface area contributed by atoms with Gasteiger partial charge in [-0.25, -0.2) is 8.42 Å². The van der Waals surface area contributed by atoms with E-state index >= 15 is 0 Å². The van der Waals surface area contributed by atoms with Gasteiger partial charge in [0.1, 0.15) is 25.8 Å². The number of rotatable bonds is 13. The molecule has 0 saturated carbocycles. The molecule has 0 aliphatic carbocycles. The molecule has 1 aliphatic heterocycles. The fourth-order valence-corrected chi connectivity index (χ4v) is 5.85. The van der Waals surface area contributed by atoms with Crippen molar-refractivity contribution in [3.63, 3.8) is 0 Å². The number of aryl methyl sites for hydroxylation is 1. The van der Waals surface area contributed by atoms with Gasteiger partial charge in [0.05, 0.1) is 11.4 Å². The van der Waals surface area contributed by atoms with Crippen molar-refractivity contribution in [1.82, 2.24) is 10.2 Å². The van der Waals surface area contributed by atoms with Gasteiger partial charge in [-0.1, -0.05) is 61.5 Å². The highest BCUT2D eigenvalue weighted by Crippen LogP contribution is 2.35. The molecule has 42 heavy (non-hydrogen) atoms. The molecule has 224 valence electrons. The SMILES string of the molecule is CCCNC(=O)[C@H](Cc1ccccc1)N(Cc1ccccc1C)C(=O)CN(c1ccc2c(c1)OCCO2)S(=O)(=O)CC. The van der Waals surface area contributed by atoms with Gasteiger partial charge < -0.3 is 19.7 Å². The predicted molar refractivity (Wildman–Crippen MR) is 163 cm³/mol. The summed E-state index contributed by atoms with van der Waals surface area (Å²) in [5, 5.41) is 2.95. The van der Waals surface area contributed by atoms with Crippen LogP contribution in [0.5, 0.6) is 11.5 Å². The van der Waals surface area contributed by atoms with E-state index in [1.807, 2.05) is 68.4 Å². The van der Waals surface area contributed by atoms with Crippen LogP contribution < -0.4 is 19.1 Å². The summed E-state index contributed by atoms with van der Waals surface area (Å²) in [6.45, 7) is 6.31. The third-order valence-electron chi connectivity index (χ3n) is 7.22. The van der Waals surface area contributed by atoms with E-state index in [-0.39, 0.29) is 24.6 Å². The topological polar surface area (TPSA) is 105 Å². The quantitative estimate of drug-likeness (QED) is 0.320. The van der Waals surface area contributed by atoms with Crippen LogP contribution in [0.15, 0.2) is 72.8 Å². The number of anilines is 1. The Morgan fingerprint density at radius 3 is 2.31 bits per heavy atom. The number of hydrogen-bond acceptors (Lipinski definition) is 6. The van der Waals surface area contributed by atoms with Crippen LogP contribution in [0, 0.1) is 6.92 Å². The lowest BCUT2D eigenvalue weighted by Gasteiger charge is -2.34. The van der Waals surface area contributed by atoms with Crippen LogP contribution in [0.25, 0.3) is 0 Å². The van der Waals surface area contributed by atoms with Crippen molar-refractivity contribution >= 4 is 27.5 Å². The van der Waals surface area contributed by atoms with E-state index in [1.165, 1.54) is 11.8 Å². The van der Waals surface area contributed by atoms with Crippen LogP contribution in [0.2, 0.25) is 0 Å². The number of benzene rings is 3. The van der Waals surface area contributed by atoms with E-state index in [2.05, 4.69) is 5.32 Å². The Hall–Kier alpha value is -4.05. The van der Waals surface area contributed by atoms with Gasteiger partial charge in [-0.3, -0.25) is 13.9 Å². The average molecular weight is 594 g/mol. The normalized spacial score (nSPS) is 13.2. The standard InChI is InChI=1S/C32H39N3O6S/c1-4-17-33-32(37)28(20-25-12-7-6-8-13-25)34(22-26-14-10-9-11-24(26)3)31(36)23-35(42(38,39)5-2)27-15-16-29-30(21-27)41-19-18-40-29/h6-16,21,28H,4-5,17-20,22-23H2,1-3H3,(H,33,37)/t28-/m0/s1. The minimum Gasteiger partial charge on any atom is -0.486 e. The summed E-state index contributed by atoms with van der Waals surface area (Å²) in [6, 6.07) is 21.1. The molecule has 0 aromatic heterocycles. The molecule has 1 heterocycles. The lowest BCUT2D eigenvalue weighted by atomic mass is 10.0. The number of hydrogen-bond donors (Lipinski definition) is 1. The molecule has 1 N–H and O–H groups in total. The highest BCUT2D eigenvalue weighted by atomic mass is 32.2. The summed E-state index contributed by atoms with van der Waals surface area (Å²) in [7, 11) is -3.88. The molecule has 0 saturated heterocycles. The monoisotopic (exact) mass is 593 g/mol. The van der Waals surface area contributed by atoms with Crippen molar-refractivity contribution in [3.8, 4) is 11.5 Å². The van der Waals surface area contributed by atoms with Gasteiger partial charge in [0.2, 0.25) is 21.8 Å². The molecule has 10 heteroatoms. The van der Waals surface area contributed by atoms with Crippen LogP contribution >= 0.6 is 0 Å². The van der Waals surface area contributed by atoms with Crippen LogP contribution in [-0.2, 0) is 32.6 Å². The minimum absolute atomic E-state index is 0.143. The van der Waals surface area contributed by atoms with Gasteiger partial charge in [-0.2, -0.15) is 0 Å². The zero-order valence-electron chi connectivity index (χ0n) is 24.4. The zero-order chi connectivity index (χ0) is 30.1. The second-order valence-corrected chi connectivity index (χ2v) is 12.4. The van der Waals surface area contributed by atoms with Crippen molar-refractivity contribution in [2.45, 2.75) is 46.2 Å². The molecule has 2 amide bonds. The Morgan fingerprint density at radius 2 is 1.62 bits per heavy atom. The van der Waals surface area contributed by atoms with E-state index in [9.17, 15) is 18.0 Å². The Morgan fingerprint density at radius 1 is 0.929 bits per heavy atom. The molecular formula is C32H39N3O6S. The highest BCUT2D eigenvalue weighted by Gasteiger charge is 2.34. The van der Waals surface area contributed by atoms with Crippen molar-refractivity contribution in [3.05, 3.63) is 89.5 Å². The molecule has 9 nitrogen and oxygen atoms in total. The number of sulfonamides is 1. The maximum atomic E-state index is 14.3. The van der Waals surface area contributed by atoms with E-state index in [4.69, 9.17) is 9.47 Å². The molecule has 4 rings (SSSR count). The summed E-state index contributed by atoms with van der Waals surface area (Å²) < 4.78 is 39.1. The molecule has 0 fully saturated rings. The molecule has 1 aliphatic rings. The molecule has 0 spiro atoms. The first-order valence-corrected chi connectivity index (χ1v) is 15.9. The number of carbonyl (C=O) groups is 2. The fourth-order valence-electron chi connectivity index (χ4n) is 4.80. The number of nitrogens with one attached hydrogen (secondary N) is 1. The lowest BCUT2D eigenvalue weighted by molar-refractivity contribution is -0.140. The smallest absolute Gasteiger partial charge is 0.244 e. The fraction of sp³-hybridized carbons (Fsp3) is 0.375. The number of fused-ring (bicyclic) bond motifs is 1. The molecule has 0 bridgehead atoms. The zero-order valence-corrected chi connectivity index (χ0v) is 25.2. The summed E-state index contributed by atoms with van der Waals surface area (Å²) in [6.07, 6.45) is 1.01. The largest absolute Gasteiger partial charge is 0.486 e. The first-order valence-electron chi connectivity index (χ1n) is 14.3. The van der Waals surface area contributed by atoms with Crippen LogP contribution in [-0.4, -0.2) is 63.2 Å². The van der Waals surface area contributed by atoms with Crippen molar-refractivity contribution in [1.29, 1.82) is 0 Å². The molecule has 3 aromatic carbocycles. The molecular weight excluding hydrogens is 554 g/mol. The third kappa shape index (κ3) is 7.61. The number of carbonyl (C=O) groups excluding carboxylic acids is 2. The van der Waals surface area contributed by atoms with Crippen LogP contribution in [0.4, 0.5) is 5.69 Å². The van der Waals surface area contributed by atoms with Gasteiger partial charge in [0.25, 0.3) is 0 Å². The van der Waals surface area contributed by atoms with Gasteiger partial charge in [0.15, 0.2) is 11.5 Å². The summed E-state index contributed by atoms with van der Waals surface area (Å²) in [5.74, 6) is -0.0524. The maximum Gasteiger partial charge on any atom is 0.244 e. The van der Waals surface area contributed by atoms with E-state index in [1.54, 1.807) is 18.2 Å². The summed E-state index contributed by atoms with van der Waals surface area (Å²) in [5.41, 5.74) is 3.02. The first kappa shape index (κ1) is 30.9. The average Bonchev–Trinajstić information content (AvgIpc) is 3.01. The second-order valence-electron chi connectivity index (χ2n) is 10.2. The van der Waals surface area contributed by atoms with E-state index in [0.717, 1.165) is 27.4 Å².